The van der Waals surface area contributed by atoms with Crippen molar-refractivity contribution in [3.63, 3.8) is 0 Å². The Balaban J connectivity index is 2.69. The van der Waals surface area contributed by atoms with E-state index in [1.807, 2.05) is 50.8 Å². The summed E-state index contributed by atoms with van der Waals surface area (Å²) in [5.74, 6) is -0.0354. The smallest absolute Gasteiger partial charge is 0.258 e. The molecular formula is C17H22N2O2. The van der Waals surface area contributed by atoms with E-state index in [0.29, 0.717) is 10.9 Å². The van der Waals surface area contributed by atoms with E-state index >= 15 is 0 Å². The molecule has 0 N–H and O–H groups in total. The van der Waals surface area contributed by atoms with Crippen LogP contribution in [0.3, 0.4) is 0 Å². The first-order chi connectivity index (χ1) is 9.84. The molecule has 0 atom stereocenters. The monoisotopic (exact) mass is 286 g/mol. The summed E-state index contributed by atoms with van der Waals surface area (Å²) in [6, 6.07) is 7.49. The van der Waals surface area contributed by atoms with Crippen LogP contribution in [-0.4, -0.2) is 27.5 Å². The molecule has 0 spiro atoms. The first kappa shape index (κ1) is 15.3. The molecule has 112 valence electrons. The van der Waals surface area contributed by atoms with Crippen molar-refractivity contribution < 1.29 is 4.79 Å². The third-order valence-electron chi connectivity index (χ3n) is 3.67. The lowest BCUT2D eigenvalue weighted by atomic mass is 10.0. The van der Waals surface area contributed by atoms with Gasteiger partial charge >= 0.3 is 0 Å². The van der Waals surface area contributed by atoms with Crippen LogP contribution in [0.4, 0.5) is 0 Å². The molecular weight excluding hydrogens is 264 g/mol. The molecule has 4 nitrogen and oxygen atoms in total. The summed E-state index contributed by atoms with van der Waals surface area (Å²) in [4.78, 5) is 26.9. The van der Waals surface area contributed by atoms with Crippen LogP contribution in [0.2, 0.25) is 0 Å². The predicted octanol–water partition coefficient (Wildman–Crippen LogP) is 2.80. The van der Waals surface area contributed by atoms with Crippen molar-refractivity contribution in [1.82, 2.24) is 9.47 Å². The van der Waals surface area contributed by atoms with Crippen molar-refractivity contribution >= 4 is 16.7 Å². The first-order valence-electron chi connectivity index (χ1n) is 7.25. The predicted molar refractivity (Wildman–Crippen MR) is 85.6 cm³/mol. The van der Waals surface area contributed by atoms with Gasteiger partial charge in [0.25, 0.3) is 11.5 Å². The van der Waals surface area contributed by atoms with E-state index < -0.39 is 0 Å². The molecule has 2 aromatic rings. The number of carbonyl (C=O) groups is 1. The summed E-state index contributed by atoms with van der Waals surface area (Å²) < 4.78 is 1.48. The molecule has 0 radical (unpaired) electrons. The zero-order valence-corrected chi connectivity index (χ0v) is 13.3. The average molecular weight is 286 g/mol. The highest BCUT2D eigenvalue weighted by molar-refractivity contribution is 6.06. The van der Waals surface area contributed by atoms with Crippen LogP contribution in [-0.2, 0) is 7.05 Å². The molecule has 2 rings (SSSR count). The number of fused-ring (bicyclic) bond motifs is 1. The number of hydrogen-bond donors (Lipinski definition) is 0. The zero-order chi connectivity index (χ0) is 15.7. The Labute approximate surface area is 125 Å². The summed E-state index contributed by atoms with van der Waals surface area (Å²) >= 11 is 0. The van der Waals surface area contributed by atoms with E-state index in [9.17, 15) is 9.59 Å². The Morgan fingerprint density at radius 3 is 2.10 bits per heavy atom. The highest BCUT2D eigenvalue weighted by atomic mass is 16.2. The Morgan fingerprint density at radius 2 is 1.57 bits per heavy atom. The van der Waals surface area contributed by atoms with Crippen molar-refractivity contribution in [2.45, 2.75) is 39.8 Å². The van der Waals surface area contributed by atoms with Crippen LogP contribution in [0, 0.1) is 0 Å². The molecule has 0 saturated carbocycles. The molecule has 0 saturated heterocycles. The zero-order valence-electron chi connectivity index (χ0n) is 13.3. The summed E-state index contributed by atoms with van der Waals surface area (Å²) in [6.07, 6.45) is 1.64. The summed E-state index contributed by atoms with van der Waals surface area (Å²) in [6.45, 7) is 8.01. The minimum Gasteiger partial charge on any atom is -0.334 e. The topological polar surface area (TPSA) is 42.3 Å². The molecule has 0 bridgehead atoms. The van der Waals surface area contributed by atoms with Crippen LogP contribution in [0.1, 0.15) is 38.1 Å². The van der Waals surface area contributed by atoms with E-state index in [1.54, 1.807) is 19.3 Å². The van der Waals surface area contributed by atoms with Crippen LogP contribution in [0.5, 0.6) is 0 Å². The van der Waals surface area contributed by atoms with Gasteiger partial charge in [0.05, 0.1) is 5.56 Å². The fourth-order valence-corrected chi connectivity index (χ4v) is 2.79. The Bertz CT molecular complexity index is 721. The summed E-state index contributed by atoms with van der Waals surface area (Å²) in [5, 5.41) is 1.30. The van der Waals surface area contributed by atoms with E-state index in [-0.39, 0.29) is 23.6 Å². The molecule has 1 aromatic carbocycles. The number of aromatic nitrogens is 1. The number of nitrogens with zero attached hydrogens (tertiary/aromatic N) is 2. The highest BCUT2D eigenvalue weighted by Gasteiger charge is 2.24. The highest BCUT2D eigenvalue weighted by Crippen LogP contribution is 2.19. The molecule has 0 unspecified atom stereocenters. The number of amides is 1. The molecule has 1 aromatic heterocycles. The van der Waals surface area contributed by atoms with E-state index in [4.69, 9.17) is 0 Å². The maximum absolute atomic E-state index is 12.9. The molecule has 1 heterocycles. The SMILES string of the molecule is CC(C)N(C(=O)c1cn(C)c(=O)c2ccccc12)C(C)C. The van der Waals surface area contributed by atoms with E-state index in [2.05, 4.69) is 0 Å². The maximum atomic E-state index is 12.9. The average Bonchev–Trinajstić information content (AvgIpc) is 2.42. The van der Waals surface area contributed by atoms with Gasteiger partial charge in [-0.25, -0.2) is 0 Å². The van der Waals surface area contributed by atoms with Gasteiger partial charge in [-0.15, -0.1) is 0 Å². The largest absolute Gasteiger partial charge is 0.334 e. The van der Waals surface area contributed by atoms with Gasteiger partial charge in [0.1, 0.15) is 0 Å². The van der Waals surface area contributed by atoms with Crippen molar-refractivity contribution in [2.24, 2.45) is 7.05 Å². The lowest BCUT2D eigenvalue weighted by Gasteiger charge is -2.31. The summed E-state index contributed by atoms with van der Waals surface area (Å²) in [7, 11) is 1.68. The molecule has 4 heteroatoms. The molecule has 0 aliphatic heterocycles. The van der Waals surface area contributed by atoms with Gasteiger partial charge < -0.3 is 9.47 Å². The second kappa shape index (κ2) is 5.72. The third kappa shape index (κ3) is 2.71. The Hall–Kier alpha value is -2.10. The number of aryl methyl sites for hydroxylation is 1. The van der Waals surface area contributed by atoms with Gasteiger partial charge in [-0.05, 0) is 33.8 Å². The summed E-state index contributed by atoms with van der Waals surface area (Å²) in [5.41, 5.74) is 0.498. The van der Waals surface area contributed by atoms with Gasteiger partial charge in [-0.2, -0.15) is 0 Å². The van der Waals surface area contributed by atoms with Crippen molar-refractivity contribution in [3.05, 3.63) is 46.4 Å². The van der Waals surface area contributed by atoms with Crippen molar-refractivity contribution in [2.75, 3.05) is 0 Å². The molecule has 0 fully saturated rings. The number of carbonyl (C=O) groups excluding carboxylic acids is 1. The van der Waals surface area contributed by atoms with Gasteiger partial charge in [-0.1, -0.05) is 18.2 Å². The Kier molecular flexibility index (Phi) is 4.16. The van der Waals surface area contributed by atoms with Crippen LogP contribution in [0.15, 0.2) is 35.3 Å². The normalized spacial score (nSPS) is 11.4. The second-order valence-corrected chi connectivity index (χ2v) is 5.90. The molecule has 21 heavy (non-hydrogen) atoms. The van der Waals surface area contributed by atoms with E-state index in [1.165, 1.54) is 4.57 Å². The third-order valence-corrected chi connectivity index (χ3v) is 3.67. The standard InChI is InChI=1S/C17H22N2O2/c1-11(2)19(12(3)4)17(21)15-10-18(5)16(20)14-9-7-6-8-13(14)15/h6-12H,1-5H3. The maximum Gasteiger partial charge on any atom is 0.258 e. The van der Waals surface area contributed by atoms with Gasteiger partial charge in [-0.3, -0.25) is 9.59 Å². The van der Waals surface area contributed by atoms with Crippen LogP contribution < -0.4 is 5.56 Å². The Morgan fingerprint density at radius 1 is 1.05 bits per heavy atom. The molecule has 1 amide bonds. The second-order valence-electron chi connectivity index (χ2n) is 5.90. The van der Waals surface area contributed by atoms with Crippen molar-refractivity contribution in [1.29, 1.82) is 0 Å². The lowest BCUT2D eigenvalue weighted by Crippen LogP contribution is -2.42. The number of hydrogen-bond acceptors (Lipinski definition) is 2. The molecule has 0 aliphatic rings. The number of benzene rings is 1. The first-order valence-corrected chi connectivity index (χ1v) is 7.25. The minimum absolute atomic E-state index is 0.0354. The van der Waals surface area contributed by atoms with E-state index in [0.717, 1.165) is 5.39 Å². The number of pyridine rings is 1. The van der Waals surface area contributed by atoms with Gasteiger partial charge in [0, 0.05) is 36.1 Å². The lowest BCUT2D eigenvalue weighted by molar-refractivity contribution is 0.0645. The van der Waals surface area contributed by atoms with Crippen LogP contribution >= 0.6 is 0 Å². The fraction of sp³-hybridized carbons (Fsp3) is 0.412. The fourth-order valence-electron chi connectivity index (χ4n) is 2.79. The van der Waals surface area contributed by atoms with Gasteiger partial charge in [0.15, 0.2) is 0 Å². The number of rotatable bonds is 3. The van der Waals surface area contributed by atoms with Crippen molar-refractivity contribution in [3.8, 4) is 0 Å². The quantitative estimate of drug-likeness (QED) is 0.870. The van der Waals surface area contributed by atoms with Crippen LogP contribution in [0.25, 0.3) is 10.8 Å². The molecule has 0 aliphatic carbocycles. The minimum atomic E-state index is -0.0807. The van der Waals surface area contributed by atoms with Gasteiger partial charge in [0.2, 0.25) is 0 Å².